The molecular weight excluding hydrogens is 192 g/mol. The summed E-state index contributed by atoms with van der Waals surface area (Å²) in [6, 6.07) is 7.68. The van der Waals surface area contributed by atoms with Gasteiger partial charge in [0.2, 0.25) is 0 Å². The number of amides is 1. The molecule has 15 heavy (non-hydrogen) atoms. The number of anilines is 1. The third-order valence-electron chi connectivity index (χ3n) is 2.49. The number of ether oxygens (including phenoxy) is 1. The van der Waals surface area contributed by atoms with Gasteiger partial charge in [-0.1, -0.05) is 12.1 Å². The predicted molar refractivity (Wildman–Crippen MR) is 57.7 cm³/mol. The Morgan fingerprint density at radius 1 is 1.40 bits per heavy atom. The lowest BCUT2D eigenvalue weighted by Crippen LogP contribution is -2.23. The second kappa shape index (κ2) is 3.90. The molecule has 1 amide bonds. The van der Waals surface area contributed by atoms with Gasteiger partial charge in [0.25, 0.3) is 0 Å². The minimum Gasteiger partial charge on any atom is -0.447 e. The van der Waals surface area contributed by atoms with Gasteiger partial charge in [0.15, 0.2) is 0 Å². The van der Waals surface area contributed by atoms with E-state index in [0.29, 0.717) is 13.2 Å². The van der Waals surface area contributed by atoms with Crippen molar-refractivity contribution in [1.29, 1.82) is 0 Å². The third kappa shape index (κ3) is 1.94. The van der Waals surface area contributed by atoms with Crippen molar-refractivity contribution in [3.8, 4) is 0 Å². The van der Waals surface area contributed by atoms with E-state index < -0.39 is 0 Å². The van der Waals surface area contributed by atoms with E-state index >= 15 is 0 Å². The van der Waals surface area contributed by atoms with Crippen molar-refractivity contribution in [2.45, 2.75) is 13.0 Å². The van der Waals surface area contributed by atoms with Gasteiger partial charge in [-0.3, -0.25) is 4.90 Å². The van der Waals surface area contributed by atoms with E-state index in [1.807, 2.05) is 31.2 Å². The maximum Gasteiger partial charge on any atom is 0.414 e. The molecule has 80 valence electrons. The first kappa shape index (κ1) is 9.98. The second-order valence-corrected chi connectivity index (χ2v) is 3.65. The molecule has 1 aromatic rings. The number of nitrogens with zero attached hydrogens (tertiary/aromatic N) is 1. The van der Waals surface area contributed by atoms with E-state index in [4.69, 9.17) is 10.5 Å². The summed E-state index contributed by atoms with van der Waals surface area (Å²) >= 11 is 0. The molecule has 0 spiro atoms. The Morgan fingerprint density at radius 3 is 2.53 bits per heavy atom. The van der Waals surface area contributed by atoms with Crippen molar-refractivity contribution in [3.05, 3.63) is 29.8 Å². The van der Waals surface area contributed by atoms with Crippen molar-refractivity contribution >= 4 is 11.8 Å². The molecule has 1 aliphatic heterocycles. The van der Waals surface area contributed by atoms with E-state index in [9.17, 15) is 4.79 Å². The van der Waals surface area contributed by atoms with Crippen molar-refractivity contribution in [1.82, 2.24) is 0 Å². The van der Waals surface area contributed by atoms with E-state index in [-0.39, 0.29) is 12.1 Å². The number of rotatable bonds is 2. The van der Waals surface area contributed by atoms with Crippen LogP contribution in [0.25, 0.3) is 0 Å². The molecule has 0 aromatic heterocycles. The van der Waals surface area contributed by atoms with Gasteiger partial charge in [0, 0.05) is 11.7 Å². The molecule has 0 saturated carbocycles. The van der Waals surface area contributed by atoms with E-state index in [0.717, 1.165) is 11.3 Å². The zero-order valence-electron chi connectivity index (χ0n) is 8.64. The lowest BCUT2D eigenvalue weighted by molar-refractivity contribution is 0.181. The predicted octanol–water partition coefficient (Wildman–Crippen LogP) is 1.66. The molecule has 1 aromatic carbocycles. The highest BCUT2D eigenvalue weighted by Crippen LogP contribution is 2.20. The number of carbonyl (C=O) groups excluding carboxylic acids is 1. The SMILES string of the molecule is C[C@@H](N)c1ccc(N2CCOC2=O)cc1. The largest absolute Gasteiger partial charge is 0.447 e. The maximum atomic E-state index is 11.3. The van der Waals surface area contributed by atoms with Gasteiger partial charge in [-0.05, 0) is 24.6 Å². The van der Waals surface area contributed by atoms with Crippen LogP contribution in [0, 0.1) is 0 Å². The van der Waals surface area contributed by atoms with Crippen LogP contribution in [0.1, 0.15) is 18.5 Å². The van der Waals surface area contributed by atoms with Gasteiger partial charge in [-0.25, -0.2) is 4.79 Å². The molecule has 4 nitrogen and oxygen atoms in total. The number of cyclic esters (lactones) is 1. The summed E-state index contributed by atoms with van der Waals surface area (Å²) in [7, 11) is 0. The monoisotopic (exact) mass is 206 g/mol. The fraction of sp³-hybridized carbons (Fsp3) is 0.364. The Balaban J connectivity index is 2.19. The first-order chi connectivity index (χ1) is 7.18. The fourth-order valence-electron chi connectivity index (χ4n) is 1.59. The lowest BCUT2D eigenvalue weighted by Gasteiger charge is -2.13. The maximum absolute atomic E-state index is 11.3. The normalized spacial score (nSPS) is 17.7. The number of benzene rings is 1. The van der Waals surface area contributed by atoms with Crippen LogP contribution in [-0.4, -0.2) is 19.2 Å². The molecule has 2 N–H and O–H groups in total. The summed E-state index contributed by atoms with van der Waals surface area (Å²) in [6.45, 7) is 3.02. The fourth-order valence-corrected chi connectivity index (χ4v) is 1.59. The molecular formula is C11H14N2O2. The Kier molecular flexibility index (Phi) is 2.60. The zero-order valence-corrected chi connectivity index (χ0v) is 8.64. The zero-order chi connectivity index (χ0) is 10.8. The average molecular weight is 206 g/mol. The van der Waals surface area contributed by atoms with Crippen LogP contribution >= 0.6 is 0 Å². The molecule has 4 heteroatoms. The van der Waals surface area contributed by atoms with Crippen molar-refractivity contribution in [2.24, 2.45) is 5.73 Å². The van der Waals surface area contributed by atoms with Gasteiger partial charge in [0.05, 0.1) is 6.54 Å². The van der Waals surface area contributed by atoms with Crippen LogP contribution in [0.2, 0.25) is 0 Å². The van der Waals surface area contributed by atoms with E-state index in [1.165, 1.54) is 0 Å². The lowest BCUT2D eigenvalue weighted by atomic mass is 10.1. The van der Waals surface area contributed by atoms with Crippen molar-refractivity contribution in [3.63, 3.8) is 0 Å². The third-order valence-corrected chi connectivity index (χ3v) is 2.49. The summed E-state index contributed by atoms with van der Waals surface area (Å²) in [5, 5.41) is 0. The van der Waals surface area contributed by atoms with Gasteiger partial charge in [-0.2, -0.15) is 0 Å². The molecule has 1 fully saturated rings. The number of hydrogen-bond acceptors (Lipinski definition) is 3. The van der Waals surface area contributed by atoms with Crippen LogP contribution in [0.15, 0.2) is 24.3 Å². The van der Waals surface area contributed by atoms with Gasteiger partial charge >= 0.3 is 6.09 Å². The Hall–Kier alpha value is -1.55. The quantitative estimate of drug-likeness (QED) is 0.800. The number of hydrogen-bond donors (Lipinski definition) is 1. The van der Waals surface area contributed by atoms with Crippen LogP contribution < -0.4 is 10.6 Å². The first-order valence-electron chi connectivity index (χ1n) is 4.98. The number of carbonyl (C=O) groups is 1. The van der Waals surface area contributed by atoms with Gasteiger partial charge in [0.1, 0.15) is 6.61 Å². The highest BCUT2D eigenvalue weighted by Gasteiger charge is 2.23. The molecule has 1 saturated heterocycles. The summed E-state index contributed by atoms with van der Waals surface area (Å²) < 4.78 is 4.86. The molecule has 1 heterocycles. The molecule has 1 aliphatic rings. The molecule has 0 bridgehead atoms. The molecule has 0 radical (unpaired) electrons. The van der Waals surface area contributed by atoms with Gasteiger partial charge in [-0.15, -0.1) is 0 Å². The number of nitrogens with two attached hydrogens (primary N) is 1. The van der Waals surface area contributed by atoms with Gasteiger partial charge < -0.3 is 10.5 Å². The Labute approximate surface area is 88.6 Å². The molecule has 0 aliphatic carbocycles. The first-order valence-corrected chi connectivity index (χ1v) is 4.98. The minimum absolute atomic E-state index is 0.0181. The second-order valence-electron chi connectivity index (χ2n) is 3.65. The molecule has 1 atom stereocenters. The van der Waals surface area contributed by atoms with E-state index in [2.05, 4.69) is 0 Å². The van der Waals surface area contributed by atoms with Crippen molar-refractivity contribution in [2.75, 3.05) is 18.1 Å². The molecule has 0 unspecified atom stereocenters. The smallest absolute Gasteiger partial charge is 0.414 e. The summed E-state index contributed by atoms with van der Waals surface area (Å²) in [4.78, 5) is 12.9. The average Bonchev–Trinajstić information content (AvgIpc) is 2.65. The van der Waals surface area contributed by atoms with Crippen LogP contribution in [0.5, 0.6) is 0 Å². The van der Waals surface area contributed by atoms with Crippen LogP contribution in [0.4, 0.5) is 10.5 Å². The Bertz CT molecular complexity index is 359. The highest BCUT2D eigenvalue weighted by molar-refractivity contribution is 5.89. The Morgan fingerprint density at radius 2 is 2.07 bits per heavy atom. The summed E-state index contributed by atoms with van der Waals surface area (Å²) in [6.07, 6.45) is -0.274. The standard InChI is InChI=1S/C11H14N2O2/c1-8(12)9-2-4-10(5-3-9)13-6-7-15-11(13)14/h2-5,8H,6-7,12H2,1H3/t8-/m1/s1. The minimum atomic E-state index is -0.274. The van der Waals surface area contributed by atoms with Crippen molar-refractivity contribution < 1.29 is 9.53 Å². The summed E-state index contributed by atoms with van der Waals surface area (Å²) in [5.74, 6) is 0. The topological polar surface area (TPSA) is 55.6 Å². The van der Waals surface area contributed by atoms with Crippen LogP contribution in [0.3, 0.4) is 0 Å². The summed E-state index contributed by atoms with van der Waals surface area (Å²) in [5.41, 5.74) is 7.66. The van der Waals surface area contributed by atoms with E-state index in [1.54, 1.807) is 4.90 Å². The highest BCUT2D eigenvalue weighted by atomic mass is 16.6. The molecule has 2 rings (SSSR count). The van der Waals surface area contributed by atoms with Crippen LogP contribution in [-0.2, 0) is 4.74 Å².